The highest BCUT2D eigenvalue weighted by molar-refractivity contribution is 5.33. The van der Waals surface area contributed by atoms with Crippen LogP contribution in [0.2, 0.25) is 0 Å². The van der Waals surface area contributed by atoms with Gasteiger partial charge in [0.05, 0.1) is 0 Å². The first-order valence-corrected chi connectivity index (χ1v) is 7.62. The second-order valence-electron chi connectivity index (χ2n) is 5.59. The zero-order valence-electron chi connectivity index (χ0n) is 11.9. The maximum Gasteiger partial charge on any atom is 0.0133 e. The summed E-state index contributed by atoms with van der Waals surface area (Å²) in [5, 5.41) is 3.57. The van der Waals surface area contributed by atoms with Crippen LogP contribution in [0.3, 0.4) is 0 Å². The van der Waals surface area contributed by atoms with Crippen LogP contribution in [0, 0.1) is 0 Å². The smallest absolute Gasteiger partial charge is 0.0133 e. The third-order valence-electron chi connectivity index (χ3n) is 4.39. The van der Waals surface area contributed by atoms with Crippen molar-refractivity contribution in [2.45, 2.75) is 63.8 Å². The molecule has 0 radical (unpaired) electrons. The molecule has 0 aliphatic heterocycles. The van der Waals surface area contributed by atoms with Gasteiger partial charge >= 0.3 is 0 Å². The monoisotopic (exact) mass is 245 g/mol. The SMILES string of the molecule is CCCCCC(NC)C1CCCc2ccccc21. The Bertz CT molecular complexity index is 358. The lowest BCUT2D eigenvalue weighted by molar-refractivity contribution is 0.382. The number of fused-ring (bicyclic) bond motifs is 1. The van der Waals surface area contributed by atoms with Crippen LogP contribution >= 0.6 is 0 Å². The Morgan fingerprint density at radius 2 is 2.11 bits per heavy atom. The maximum atomic E-state index is 3.57. The zero-order valence-corrected chi connectivity index (χ0v) is 11.9. The second-order valence-corrected chi connectivity index (χ2v) is 5.59. The Hall–Kier alpha value is -0.820. The van der Waals surface area contributed by atoms with Crippen LogP contribution in [0.15, 0.2) is 24.3 Å². The van der Waals surface area contributed by atoms with Crippen molar-refractivity contribution in [3.8, 4) is 0 Å². The first-order chi connectivity index (χ1) is 8.86. The van der Waals surface area contributed by atoms with E-state index in [1.165, 1.54) is 44.9 Å². The molecule has 0 aromatic heterocycles. The molecule has 1 N–H and O–H groups in total. The van der Waals surface area contributed by atoms with Crippen molar-refractivity contribution in [3.63, 3.8) is 0 Å². The van der Waals surface area contributed by atoms with Crippen molar-refractivity contribution in [1.82, 2.24) is 5.32 Å². The summed E-state index contributed by atoms with van der Waals surface area (Å²) in [5.41, 5.74) is 3.20. The average molecular weight is 245 g/mol. The number of hydrogen-bond acceptors (Lipinski definition) is 1. The van der Waals surface area contributed by atoms with Crippen LogP contribution in [0.4, 0.5) is 0 Å². The minimum Gasteiger partial charge on any atom is -0.316 e. The highest BCUT2D eigenvalue weighted by Crippen LogP contribution is 2.35. The Labute approximate surface area is 112 Å². The number of rotatable bonds is 6. The molecule has 100 valence electrons. The fraction of sp³-hybridized carbons (Fsp3) is 0.647. The summed E-state index contributed by atoms with van der Waals surface area (Å²) in [7, 11) is 2.13. The van der Waals surface area contributed by atoms with Crippen molar-refractivity contribution >= 4 is 0 Å². The Balaban J connectivity index is 2.07. The number of aryl methyl sites for hydroxylation is 1. The molecule has 18 heavy (non-hydrogen) atoms. The normalized spacial score (nSPS) is 20.4. The molecule has 1 nitrogen and oxygen atoms in total. The molecule has 0 saturated heterocycles. The molecule has 0 bridgehead atoms. The van der Waals surface area contributed by atoms with E-state index >= 15 is 0 Å². The molecule has 2 atom stereocenters. The number of unbranched alkanes of at least 4 members (excludes halogenated alkanes) is 2. The minimum absolute atomic E-state index is 0.665. The average Bonchev–Trinajstić information content (AvgIpc) is 2.43. The van der Waals surface area contributed by atoms with Crippen LogP contribution in [0.5, 0.6) is 0 Å². The number of likely N-dealkylation sites (N-methyl/N-ethyl adjacent to an activating group) is 1. The van der Waals surface area contributed by atoms with E-state index in [1.807, 2.05) is 0 Å². The van der Waals surface area contributed by atoms with Crippen molar-refractivity contribution < 1.29 is 0 Å². The minimum atomic E-state index is 0.665. The predicted octanol–water partition coefficient (Wildman–Crippen LogP) is 4.27. The Morgan fingerprint density at radius 3 is 2.89 bits per heavy atom. The molecular formula is C17H27N. The Kier molecular flexibility index (Phi) is 5.25. The topological polar surface area (TPSA) is 12.0 Å². The van der Waals surface area contributed by atoms with E-state index in [4.69, 9.17) is 0 Å². The van der Waals surface area contributed by atoms with E-state index in [0.29, 0.717) is 6.04 Å². The van der Waals surface area contributed by atoms with Gasteiger partial charge in [0.2, 0.25) is 0 Å². The molecule has 2 unspecified atom stereocenters. The molecule has 0 amide bonds. The van der Waals surface area contributed by atoms with E-state index in [1.54, 1.807) is 11.1 Å². The Morgan fingerprint density at radius 1 is 1.28 bits per heavy atom. The lowest BCUT2D eigenvalue weighted by Crippen LogP contribution is -2.34. The van der Waals surface area contributed by atoms with Crippen molar-refractivity contribution in [3.05, 3.63) is 35.4 Å². The number of hydrogen-bond donors (Lipinski definition) is 1. The summed E-state index contributed by atoms with van der Waals surface area (Å²) >= 11 is 0. The van der Waals surface area contributed by atoms with Gasteiger partial charge in [0.15, 0.2) is 0 Å². The highest BCUT2D eigenvalue weighted by atomic mass is 14.9. The van der Waals surface area contributed by atoms with Crippen LogP contribution < -0.4 is 5.32 Å². The molecule has 1 aliphatic rings. The summed E-state index contributed by atoms with van der Waals surface area (Å²) in [4.78, 5) is 0. The molecule has 1 heteroatoms. The lowest BCUT2D eigenvalue weighted by atomic mass is 9.77. The molecule has 1 aromatic rings. The largest absolute Gasteiger partial charge is 0.316 e. The third-order valence-corrected chi connectivity index (χ3v) is 4.39. The fourth-order valence-corrected chi connectivity index (χ4v) is 3.37. The summed E-state index contributed by atoms with van der Waals surface area (Å²) in [5.74, 6) is 0.733. The van der Waals surface area contributed by atoms with Crippen molar-refractivity contribution in [2.75, 3.05) is 7.05 Å². The highest BCUT2D eigenvalue weighted by Gasteiger charge is 2.26. The van der Waals surface area contributed by atoms with E-state index in [9.17, 15) is 0 Å². The fourth-order valence-electron chi connectivity index (χ4n) is 3.37. The van der Waals surface area contributed by atoms with Gasteiger partial charge in [-0.25, -0.2) is 0 Å². The van der Waals surface area contributed by atoms with Crippen LogP contribution in [-0.2, 0) is 6.42 Å². The molecule has 0 saturated carbocycles. The quantitative estimate of drug-likeness (QED) is 0.738. The number of nitrogens with one attached hydrogen (secondary N) is 1. The van der Waals surface area contributed by atoms with Crippen LogP contribution in [-0.4, -0.2) is 13.1 Å². The van der Waals surface area contributed by atoms with Gasteiger partial charge in [-0.2, -0.15) is 0 Å². The van der Waals surface area contributed by atoms with E-state index < -0.39 is 0 Å². The maximum absolute atomic E-state index is 3.57. The van der Waals surface area contributed by atoms with E-state index in [0.717, 1.165) is 5.92 Å². The molecule has 0 fully saturated rings. The van der Waals surface area contributed by atoms with Gasteiger partial charge in [-0.1, -0.05) is 50.5 Å². The standard InChI is InChI=1S/C17H27N/c1-3-4-5-13-17(18-2)16-12-8-10-14-9-6-7-11-15(14)16/h6-7,9,11,16-18H,3-5,8,10,12-13H2,1-2H3. The van der Waals surface area contributed by atoms with Gasteiger partial charge in [0.1, 0.15) is 0 Å². The summed E-state index contributed by atoms with van der Waals surface area (Å²) in [6, 6.07) is 9.73. The van der Waals surface area contributed by atoms with Gasteiger partial charge in [0, 0.05) is 6.04 Å². The zero-order chi connectivity index (χ0) is 12.8. The van der Waals surface area contributed by atoms with Gasteiger partial charge in [-0.15, -0.1) is 0 Å². The van der Waals surface area contributed by atoms with Gasteiger partial charge < -0.3 is 5.32 Å². The first-order valence-electron chi connectivity index (χ1n) is 7.62. The van der Waals surface area contributed by atoms with Crippen molar-refractivity contribution in [1.29, 1.82) is 0 Å². The van der Waals surface area contributed by atoms with Crippen LogP contribution in [0.1, 0.15) is 62.5 Å². The predicted molar refractivity (Wildman–Crippen MR) is 79.1 cm³/mol. The lowest BCUT2D eigenvalue weighted by Gasteiger charge is -2.32. The second kappa shape index (κ2) is 6.94. The molecule has 0 spiro atoms. The van der Waals surface area contributed by atoms with E-state index in [2.05, 4.69) is 43.6 Å². The third kappa shape index (κ3) is 3.14. The van der Waals surface area contributed by atoms with Crippen LogP contribution in [0.25, 0.3) is 0 Å². The molecule has 1 aromatic carbocycles. The first kappa shape index (κ1) is 13.6. The molecular weight excluding hydrogens is 218 g/mol. The van der Waals surface area contributed by atoms with Gasteiger partial charge in [-0.3, -0.25) is 0 Å². The number of benzene rings is 1. The molecule has 2 rings (SSSR count). The molecule has 1 aliphatic carbocycles. The van der Waals surface area contributed by atoms with E-state index in [-0.39, 0.29) is 0 Å². The van der Waals surface area contributed by atoms with Gasteiger partial charge in [-0.05, 0) is 49.8 Å². The summed E-state index contributed by atoms with van der Waals surface area (Å²) < 4.78 is 0. The summed E-state index contributed by atoms with van der Waals surface area (Å²) in [6.07, 6.45) is 9.36. The summed E-state index contributed by atoms with van der Waals surface area (Å²) in [6.45, 7) is 2.28. The van der Waals surface area contributed by atoms with Crippen molar-refractivity contribution in [2.24, 2.45) is 0 Å². The van der Waals surface area contributed by atoms with Gasteiger partial charge in [0.25, 0.3) is 0 Å². The molecule has 0 heterocycles.